The van der Waals surface area contributed by atoms with Crippen LogP contribution in [0.3, 0.4) is 0 Å². The van der Waals surface area contributed by atoms with Crippen LogP contribution in [0.25, 0.3) is 0 Å². The van der Waals surface area contributed by atoms with Crippen molar-refractivity contribution in [3.8, 4) is 0 Å². The topological polar surface area (TPSA) is 34.1 Å². The highest BCUT2D eigenvalue weighted by molar-refractivity contribution is 7.91. The molecule has 0 aliphatic rings. The summed E-state index contributed by atoms with van der Waals surface area (Å²) in [7, 11) is -2.95. The van der Waals surface area contributed by atoms with Gasteiger partial charge >= 0.3 is 6.18 Å². The van der Waals surface area contributed by atoms with Gasteiger partial charge in [0.25, 0.3) is 0 Å². The second-order valence-corrected chi connectivity index (χ2v) is 9.45. The number of aryl methyl sites for hydroxylation is 2. The van der Waals surface area contributed by atoms with Crippen molar-refractivity contribution in [3.63, 3.8) is 0 Å². The van der Waals surface area contributed by atoms with E-state index in [1.54, 1.807) is 32.9 Å². The Balaban J connectivity index is 2.35. The number of unbranched alkanes of at least 4 members (excludes halogenated alkanes) is 4. The lowest BCUT2D eigenvalue weighted by Crippen LogP contribution is -2.17. The number of rotatable bonds is 10. The molecule has 0 bridgehead atoms. The van der Waals surface area contributed by atoms with Crippen molar-refractivity contribution in [2.75, 3.05) is 5.75 Å². The number of hydrogen-bond acceptors (Lipinski definition) is 2. The van der Waals surface area contributed by atoms with Crippen LogP contribution in [-0.2, 0) is 28.9 Å². The Labute approximate surface area is 149 Å². The number of benzene rings is 1. The van der Waals surface area contributed by atoms with E-state index in [0.717, 1.165) is 37.7 Å². The molecule has 0 aromatic heterocycles. The molecule has 0 fully saturated rings. The minimum atomic E-state index is -4.29. The molecule has 6 heteroatoms. The number of alkyl halides is 3. The fourth-order valence-electron chi connectivity index (χ4n) is 2.77. The molecule has 1 rings (SSSR count). The van der Waals surface area contributed by atoms with E-state index in [4.69, 9.17) is 0 Å². The van der Waals surface area contributed by atoms with Crippen molar-refractivity contribution >= 4 is 9.84 Å². The van der Waals surface area contributed by atoms with Crippen molar-refractivity contribution in [1.82, 2.24) is 0 Å². The zero-order chi connectivity index (χ0) is 19.1. The summed E-state index contributed by atoms with van der Waals surface area (Å²) in [5.41, 5.74) is 0.751. The first-order chi connectivity index (χ1) is 11.6. The molecular weight excluding hydrogens is 349 g/mol. The second-order valence-electron chi connectivity index (χ2n) is 6.78. The molecule has 2 nitrogen and oxygen atoms in total. The van der Waals surface area contributed by atoms with Gasteiger partial charge in [0.05, 0.1) is 16.6 Å². The van der Waals surface area contributed by atoms with E-state index >= 15 is 0 Å². The molecule has 0 amide bonds. The molecule has 0 heterocycles. The zero-order valence-corrected chi connectivity index (χ0v) is 16.1. The highest BCUT2D eigenvalue weighted by Crippen LogP contribution is 2.33. The van der Waals surface area contributed by atoms with Gasteiger partial charge in [-0.1, -0.05) is 38.3 Å². The number of sulfone groups is 1. The largest absolute Gasteiger partial charge is 0.416 e. The maximum atomic E-state index is 12.9. The Hall–Kier alpha value is -1.04. The second kappa shape index (κ2) is 9.60. The summed E-state index contributed by atoms with van der Waals surface area (Å²) >= 11 is 0. The molecule has 0 aliphatic heterocycles. The Kier molecular flexibility index (Phi) is 8.45. The highest BCUT2D eigenvalue weighted by atomic mass is 32.2. The quantitative estimate of drug-likeness (QED) is 0.498. The van der Waals surface area contributed by atoms with Gasteiger partial charge in [-0.05, 0) is 56.7 Å². The molecule has 25 heavy (non-hydrogen) atoms. The van der Waals surface area contributed by atoms with E-state index in [1.165, 1.54) is 6.07 Å². The zero-order valence-electron chi connectivity index (χ0n) is 15.3. The molecule has 0 unspecified atom stereocenters. The van der Waals surface area contributed by atoms with E-state index in [2.05, 4.69) is 0 Å². The van der Waals surface area contributed by atoms with Crippen molar-refractivity contribution in [3.05, 3.63) is 34.9 Å². The fourth-order valence-corrected chi connectivity index (χ4v) is 3.85. The normalized spacial score (nSPS) is 12.8. The lowest BCUT2D eigenvalue weighted by molar-refractivity contribution is -0.138. The maximum absolute atomic E-state index is 12.9. The summed E-state index contributed by atoms with van der Waals surface area (Å²) in [6.07, 6.45) is 1.22. The summed E-state index contributed by atoms with van der Waals surface area (Å²) in [6.45, 7) is 5.13. The van der Waals surface area contributed by atoms with Gasteiger partial charge in [0.1, 0.15) is 0 Å². The molecule has 0 saturated carbocycles. The van der Waals surface area contributed by atoms with E-state index in [9.17, 15) is 21.6 Å². The van der Waals surface area contributed by atoms with Gasteiger partial charge in [0, 0.05) is 0 Å². The van der Waals surface area contributed by atoms with Crippen molar-refractivity contribution in [2.45, 2.75) is 77.1 Å². The van der Waals surface area contributed by atoms with E-state index < -0.39 is 21.6 Å². The number of hydrogen-bond donors (Lipinski definition) is 0. The number of halogens is 3. The van der Waals surface area contributed by atoms with Crippen LogP contribution >= 0.6 is 0 Å². The molecule has 1 aromatic carbocycles. The standard InChI is InChI=1S/C19H29F3O2S/c1-4-17-14-16(11-12-18(17)19(20,21)22)10-8-6-5-7-9-13-25(23,24)15(2)3/h11-12,14-15H,4-10,13H2,1-3H3. The summed E-state index contributed by atoms with van der Waals surface area (Å²) in [4.78, 5) is 0. The average molecular weight is 378 g/mol. The van der Waals surface area contributed by atoms with Crippen molar-refractivity contribution < 1.29 is 21.6 Å². The minimum Gasteiger partial charge on any atom is -0.229 e. The van der Waals surface area contributed by atoms with Crippen LogP contribution in [0.4, 0.5) is 13.2 Å². The van der Waals surface area contributed by atoms with Crippen LogP contribution in [0.15, 0.2) is 18.2 Å². The van der Waals surface area contributed by atoms with Crippen molar-refractivity contribution in [2.24, 2.45) is 0 Å². The Morgan fingerprint density at radius 1 is 1.00 bits per heavy atom. The van der Waals surface area contributed by atoms with Gasteiger partial charge in [0.15, 0.2) is 9.84 Å². The van der Waals surface area contributed by atoms with E-state index in [0.29, 0.717) is 18.4 Å². The lowest BCUT2D eigenvalue weighted by atomic mass is 9.98. The SMILES string of the molecule is CCc1cc(CCCCCCCS(=O)(=O)C(C)C)ccc1C(F)(F)F. The summed E-state index contributed by atoms with van der Waals surface area (Å²) in [6, 6.07) is 4.42. The first-order valence-corrected chi connectivity index (χ1v) is 10.7. The summed E-state index contributed by atoms with van der Waals surface area (Å²) in [5, 5.41) is -0.320. The third-order valence-electron chi connectivity index (χ3n) is 4.47. The van der Waals surface area contributed by atoms with Gasteiger partial charge in [0.2, 0.25) is 0 Å². The van der Waals surface area contributed by atoms with Gasteiger partial charge in [-0.15, -0.1) is 0 Å². The predicted octanol–water partition coefficient (Wildman–Crippen LogP) is 5.58. The summed E-state index contributed by atoms with van der Waals surface area (Å²) in [5.74, 6) is 0.240. The lowest BCUT2D eigenvalue weighted by Gasteiger charge is -2.13. The first-order valence-electron chi connectivity index (χ1n) is 8.98. The first kappa shape index (κ1) is 22.0. The molecule has 0 radical (unpaired) electrons. The fraction of sp³-hybridized carbons (Fsp3) is 0.684. The molecule has 1 aromatic rings. The maximum Gasteiger partial charge on any atom is 0.416 e. The molecule has 0 spiro atoms. The summed E-state index contributed by atoms with van der Waals surface area (Å²) < 4.78 is 62.0. The Morgan fingerprint density at radius 2 is 1.60 bits per heavy atom. The van der Waals surface area contributed by atoms with Gasteiger partial charge in [-0.2, -0.15) is 13.2 Å². The highest BCUT2D eigenvalue weighted by Gasteiger charge is 2.32. The van der Waals surface area contributed by atoms with E-state index in [1.807, 2.05) is 0 Å². The monoisotopic (exact) mass is 378 g/mol. The van der Waals surface area contributed by atoms with Crippen LogP contribution in [0, 0.1) is 0 Å². The van der Waals surface area contributed by atoms with Crippen molar-refractivity contribution in [1.29, 1.82) is 0 Å². The third kappa shape index (κ3) is 7.38. The molecular formula is C19H29F3O2S. The van der Waals surface area contributed by atoms with Gasteiger partial charge < -0.3 is 0 Å². The van der Waals surface area contributed by atoms with Crippen LogP contribution in [0.2, 0.25) is 0 Å². The molecule has 0 saturated heterocycles. The average Bonchev–Trinajstić information content (AvgIpc) is 2.52. The van der Waals surface area contributed by atoms with Crippen LogP contribution in [0.5, 0.6) is 0 Å². The molecule has 0 atom stereocenters. The predicted molar refractivity (Wildman–Crippen MR) is 96.5 cm³/mol. The van der Waals surface area contributed by atoms with Crippen LogP contribution in [0.1, 0.15) is 69.6 Å². The van der Waals surface area contributed by atoms with Gasteiger partial charge in [-0.3, -0.25) is 0 Å². The molecule has 0 N–H and O–H groups in total. The molecule has 144 valence electrons. The Bertz CT molecular complexity index is 635. The minimum absolute atomic E-state index is 0.240. The smallest absolute Gasteiger partial charge is 0.229 e. The van der Waals surface area contributed by atoms with Crippen LogP contribution < -0.4 is 0 Å². The van der Waals surface area contributed by atoms with Gasteiger partial charge in [-0.25, -0.2) is 8.42 Å². The Morgan fingerprint density at radius 3 is 2.16 bits per heavy atom. The third-order valence-corrected chi connectivity index (χ3v) is 6.76. The van der Waals surface area contributed by atoms with E-state index in [-0.39, 0.29) is 11.0 Å². The van der Waals surface area contributed by atoms with Crippen LogP contribution in [-0.4, -0.2) is 19.4 Å². The molecule has 0 aliphatic carbocycles.